The van der Waals surface area contributed by atoms with Crippen molar-refractivity contribution in [3.05, 3.63) is 76.1 Å². The molecule has 1 heterocycles. The van der Waals surface area contributed by atoms with E-state index in [1.54, 1.807) is 6.07 Å². The van der Waals surface area contributed by atoms with Gasteiger partial charge >= 0.3 is 0 Å². The number of aryl methyl sites for hydroxylation is 1. The lowest BCUT2D eigenvalue weighted by Gasteiger charge is -2.27. The van der Waals surface area contributed by atoms with Crippen LogP contribution in [0.25, 0.3) is 0 Å². The molecule has 0 aromatic heterocycles. The van der Waals surface area contributed by atoms with Crippen LogP contribution in [-0.2, 0) is 6.54 Å². The van der Waals surface area contributed by atoms with Crippen molar-refractivity contribution in [3.8, 4) is 5.75 Å². The number of fused-ring (bicyclic) bond motifs is 1. The van der Waals surface area contributed by atoms with Gasteiger partial charge in [-0.05, 0) is 48.4 Å². The van der Waals surface area contributed by atoms with E-state index in [4.69, 9.17) is 22.1 Å². The second-order valence-corrected chi connectivity index (χ2v) is 6.80. The van der Waals surface area contributed by atoms with E-state index in [0.717, 1.165) is 22.4 Å². The van der Waals surface area contributed by atoms with Gasteiger partial charge in [-0.3, -0.25) is 4.79 Å². The van der Waals surface area contributed by atoms with Crippen LogP contribution >= 0.6 is 11.6 Å². The van der Waals surface area contributed by atoms with E-state index >= 15 is 0 Å². The fourth-order valence-electron chi connectivity index (χ4n) is 2.97. The van der Waals surface area contributed by atoms with Crippen molar-refractivity contribution in [1.82, 2.24) is 10.6 Å². The maximum absolute atomic E-state index is 12.8. The van der Waals surface area contributed by atoms with Crippen LogP contribution in [0.3, 0.4) is 0 Å². The largest absolute Gasteiger partial charge is 0.493 e. The SMILES string of the molecule is C=C(N)NCc1cc(C(=O)N[C@H]2CCOc3ccc(Cl)cc32)ccc1C. The normalized spacial score (nSPS) is 15.5. The number of nitrogens with one attached hydrogen (secondary N) is 2. The molecule has 5 nitrogen and oxygen atoms in total. The summed E-state index contributed by atoms with van der Waals surface area (Å²) in [6.07, 6.45) is 0.701. The van der Waals surface area contributed by atoms with Gasteiger partial charge in [-0.1, -0.05) is 24.2 Å². The van der Waals surface area contributed by atoms with Gasteiger partial charge in [-0.15, -0.1) is 0 Å². The molecular weight excluding hydrogens is 350 g/mol. The summed E-state index contributed by atoms with van der Waals surface area (Å²) in [5.74, 6) is 1.03. The topological polar surface area (TPSA) is 76.4 Å². The molecule has 1 aliphatic rings. The van der Waals surface area contributed by atoms with E-state index in [2.05, 4.69) is 17.2 Å². The first-order chi connectivity index (χ1) is 12.4. The van der Waals surface area contributed by atoms with Gasteiger partial charge in [0.05, 0.1) is 18.5 Å². The Hall–Kier alpha value is -2.66. The number of nitrogens with two attached hydrogens (primary N) is 1. The molecule has 0 fully saturated rings. The molecule has 4 N–H and O–H groups in total. The fraction of sp³-hybridized carbons (Fsp3) is 0.250. The Bertz CT molecular complexity index is 851. The smallest absolute Gasteiger partial charge is 0.251 e. The van der Waals surface area contributed by atoms with Gasteiger partial charge in [0, 0.05) is 29.1 Å². The number of benzene rings is 2. The van der Waals surface area contributed by atoms with Gasteiger partial charge in [-0.25, -0.2) is 0 Å². The number of amides is 1. The molecule has 0 aliphatic carbocycles. The second kappa shape index (κ2) is 7.70. The molecule has 1 amide bonds. The number of hydrogen-bond acceptors (Lipinski definition) is 4. The third-order valence-corrected chi connectivity index (χ3v) is 4.67. The molecule has 136 valence electrons. The van der Waals surface area contributed by atoms with E-state index in [1.807, 2.05) is 37.3 Å². The number of carbonyl (C=O) groups excluding carboxylic acids is 1. The first-order valence-electron chi connectivity index (χ1n) is 8.45. The fourth-order valence-corrected chi connectivity index (χ4v) is 3.15. The van der Waals surface area contributed by atoms with Crippen LogP contribution in [0.2, 0.25) is 5.02 Å². The lowest BCUT2D eigenvalue weighted by atomic mass is 9.99. The zero-order valence-electron chi connectivity index (χ0n) is 14.6. The van der Waals surface area contributed by atoms with Crippen LogP contribution in [-0.4, -0.2) is 12.5 Å². The van der Waals surface area contributed by atoms with E-state index < -0.39 is 0 Å². The minimum atomic E-state index is -0.129. The van der Waals surface area contributed by atoms with Gasteiger partial charge in [-0.2, -0.15) is 0 Å². The molecule has 0 unspecified atom stereocenters. The molecule has 26 heavy (non-hydrogen) atoms. The number of hydrogen-bond donors (Lipinski definition) is 3. The van der Waals surface area contributed by atoms with E-state index in [0.29, 0.717) is 36.0 Å². The zero-order chi connectivity index (χ0) is 18.7. The number of halogens is 1. The Labute approximate surface area is 158 Å². The Balaban J connectivity index is 1.78. The molecule has 6 heteroatoms. The monoisotopic (exact) mass is 371 g/mol. The summed E-state index contributed by atoms with van der Waals surface area (Å²) in [5.41, 5.74) is 9.15. The molecule has 0 bridgehead atoms. The third-order valence-electron chi connectivity index (χ3n) is 4.43. The Morgan fingerprint density at radius 2 is 2.15 bits per heavy atom. The highest BCUT2D eigenvalue weighted by Gasteiger charge is 2.24. The highest BCUT2D eigenvalue weighted by molar-refractivity contribution is 6.30. The molecule has 1 atom stereocenters. The number of ether oxygens (including phenoxy) is 1. The van der Waals surface area contributed by atoms with Crippen molar-refractivity contribution in [1.29, 1.82) is 0 Å². The number of rotatable bonds is 5. The summed E-state index contributed by atoms with van der Waals surface area (Å²) in [5, 5.41) is 6.70. The second-order valence-electron chi connectivity index (χ2n) is 6.37. The highest BCUT2D eigenvalue weighted by Crippen LogP contribution is 2.34. The van der Waals surface area contributed by atoms with Crippen molar-refractivity contribution in [2.45, 2.75) is 25.9 Å². The summed E-state index contributed by atoms with van der Waals surface area (Å²) in [6, 6.07) is 11.0. The van der Waals surface area contributed by atoms with Gasteiger partial charge in [0.1, 0.15) is 5.75 Å². The Morgan fingerprint density at radius 3 is 2.92 bits per heavy atom. The van der Waals surface area contributed by atoms with Crippen LogP contribution < -0.4 is 21.1 Å². The van der Waals surface area contributed by atoms with Crippen LogP contribution in [0, 0.1) is 6.92 Å². The van der Waals surface area contributed by atoms with Crippen LogP contribution in [0.1, 0.15) is 39.5 Å². The standard InChI is InChI=1S/C20H22ClN3O2/c1-12-3-4-14(9-15(12)11-23-13(2)22)20(25)24-18-7-8-26-19-6-5-16(21)10-17(18)19/h3-6,9-10,18,23H,2,7-8,11,22H2,1H3,(H,24,25)/t18-/m0/s1. The van der Waals surface area contributed by atoms with Crippen LogP contribution in [0.5, 0.6) is 5.75 Å². The summed E-state index contributed by atoms with van der Waals surface area (Å²) in [6.45, 7) is 6.71. The molecule has 2 aromatic carbocycles. The van der Waals surface area contributed by atoms with E-state index in [-0.39, 0.29) is 11.9 Å². The summed E-state index contributed by atoms with van der Waals surface area (Å²) >= 11 is 6.10. The minimum Gasteiger partial charge on any atom is -0.493 e. The van der Waals surface area contributed by atoms with Crippen molar-refractivity contribution in [2.24, 2.45) is 5.73 Å². The summed E-state index contributed by atoms with van der Waals surface area (Å²) < 4.78 is 5.65. The molecule has 0 saturated heterocycles. The summed E-state index contributed by atoms with van der Waals surface area (Å²) in [4.78, 5) is 12.8. The Morgan fingerprint density at radius 1 is 1.35 bits per heavy atom. The van der Waals surface area contributed by atoms with Gasteiger partial charge in [0.2, 0.25) is 0 Å². The predicted molar refractivity (Wildman–Crippen MR) is 103 cm³/mol. The lowest BCUT2D eigenvalue weighted by molar-refractivity contribution is 0.0924. The predicted octanol–water partition coefficient (Wildman–Crippen LogP) is 3.42. The van der Waals surface area contributed by atoms with Crippen LogP contribution in [0.15, 0.2) is 48.8 Å². The molecule has 2 aromatic rings. The Kier molecular flexibility index (Phi) is 5.38. The summed E-state index contributed by atoms with van der Waals surface area (Å²) in [7, 11) is 0. The number of carbonyl (C=O) groups is 1. The maximum Gasteiger partial charge on any atom is 0.251 e. The van der Waals surface area contributed by atoms with Crippen molar-refractivity contribution < 1.29 is 9.53 Å². The van der Waals surface area contributed by atoms with Crippen LogP contribution in [0.4, 0.5) is 0 Å². The molecule has 0 radical (unpaired) electrons. The maximum atomic E-state index is 12.8. The van der Waals surface area contributed by atoms with Crippen molar-refractivity contribution >= 4 is 17.5 Å². The molecular formula is C20H22ClN3O2. The average molecular weight is 372 g/mol. The van der Waals surface area contributed by atoms with Gasteiger partial charge in [0.25, 0.3) is 5.91 Å². The van der Waals surface area contributed by atoms with Gasteiger partial charge in [0.15, 0.2) is 0 Å². The van der Waals surface area contributed by atoms with Crippen molar-refractivity contribution in [3.63, 3.8) is 0 Å². The first-order valence-corrected chi connectivity index (χ1v) is 8.82. The minimum absolute atomic E-state index is 0.128. The van der Waals surface area contributed by atoms with Crippen molar-refractivity contribution in [2.75, 3.05) is 6.61 Å². The molecule has 0 saturated carbocycles. The quantitative estimate of drug-likeness (QED) is 0.752. The highest BCUT2D eigenvalue weighted by atomic mass is 35.5. The molecule has 3 rings (SSSR count). The lowest BCUT2D eigenvalue weighted by Crippen LogP contribution is -2.32. The van der Waals surface area contributed by atoms with E-state index in [1.165, 1.54) is 0 Å². The average Bonchev–Trinajstić information content (AvgIpc) is 2.61. The first kappa shape index (κ1) is 18.1. The van der Waals surface area contributed by atoms with Gasteiger partial charge < -0.3 is 21.1 Å². The zero-order valence-corrected chi connectivity index (χ0v) is 15.4. The molecule has 1 aliphatic heterocycles. The molecule has 0 spiro atoms. The third kappa shape index (κ3) is 4.11. The van der Waals surface area contributed by atoms with E-state index in [9.17, 15) is 4.79 Å².